The minimum absolute atomic E-state index is 0.315. The van der Waals surface area contributed by atoms with Crippen molar-refractivity contribution in [2.24, 2.45) is 0 Å². The summed E-state index contributed by atoms with van der Waals surface area (Å²) in [5.74, 6) is 0. The molecule has 1 saturated heterocycles. The van der Waals surface area contributed by atoms with Gasteiger partial charge in [-0.2, -0.15) is 0 Å². The summed E-state index contributed by atoms with van der Waals surface area (Å²) in [6.07, 6.45) is 12.3. The zero-order valence-corrected chi connectivity index (χ0v) is 9.46. The highest BCUT2D eigenvalue weighted by atomic mass is 17.3. The van der Waals surface area contributed by atoms with Gasteiger partial charge in [-0.3, -0.25) is 0 Å². The molecule has 0 N–H and O–H groups in total. The van der Waals surface area contributed by atoms with Crippen LogP contribution in [0.2, 0.25) is 0 Å². The van der Waals surface area contributed by atoms with Crippen molar-refractivity contribution < 1.29 is 9.78 Å². The van der Waals surface area contributed by atoms with E-state index in [2.05, 4.69) is 6.92 Å². The van der Waals surface area contributed by atoms with Crippen molar-refractivity contribution in [1.82, 2.24) is 0 Å². The molecule has 0 aromatic carbocycles. The molecule has 1 heterocycles. The highest BCUT2D eigenvalue weighted by Gasteiger charge is 2.36. The van der Waals surface area contributed by atoms with Crippen molar-refractivity contribution >= 4 is 0 Å². The topological polar surface area (TPSA) is 25.8 Å². The zero-order chi connectivity index (χ0) is 10.2. The van der Waals surface area contributed by atoms with Gasteiger partial charge < -0.3 is 9.78 Å². The van der Waals surface area contributed by atoms with Crippen molar-refractivity contribution in [1.29, 1.82) is 0 Å². The molecule has 1 atom stereocenters. The standard InChI is InChI=1S/C12H24O2/c1-2-3-4-5-6-7-8-9-10-12-11-14(12)13/h12H,2-11H2,1H3. The maximum absolute atomic E-state index is 10.6. The van der Waals surface area contributed by atoms with E-state index in [1.165, 1.54) is 51.4 Å². The van der Waals surface area contributed by atoms with E-state index in [-0.39, 0.29) is 0 Å². The van der Waals surface area contributed by atoms with Crippen LogP contribution in [0.25, 0.3) is 0 Å². The van der Waals surface area contributed by atoms with Crippen LogP contribution in [-0.2, 0) is 4.52 Å². The summed E-state index contributed by atoms with van der Waals surface area (Å²) >= 11 is 0. The molecule has 0 saturated carbocycles. The van der Waals surface area contributed by atoms with Gasteiger partial charge in [0.15, 0.2) is 0 Å². The number of epoxide rings is 1. The van der Waals surface area contributed by atoms with E-state index < -0.39 is 0 Å². The predicted octanol–water partition coefficient (Wildman–Crippen LogP) is 2.73. The van der Waals surface area contributed by atoms with Crippen LogP contribution in [0.4, 0.5) is 0 Å². The van der Waals surface area contributed by atoms with Crippen LogP contribution in [0.3, 0.4) is 0 Å². The Bertz CT molecular complexity index is 136. The van der Waals surface area contributed by atoms with Crippen molar-refractivity contribution in [3.8, 4) is 0 Å². The fourth-order valence-electron chi connectivity index (χ4n) is 1.86. The molecule has 1 rings (SSSR count). The van der Waals surface area contributed by atoms with E-state index in [9.17, 15) is 5.26 Å². The summed E-state index contributed by atoms with van der Waals surface area (Å²) in [5, 5.41) is 10.6. The van der Waals surface area contributed by atoms with Gasteiger partial charge in [0.25, 0.3) is 0 Å². The van der Waals surface area contributed by atoms with Crippen molar-refractivity contribution in [2.75, 3.05) is 6.61 Å². The first kappa shape index (κ1) is 12.0. The Morgan fingerprint density at radius 1 is 1.00 bits per heavy atom. The van der Waals surface area contributed by atoms with E-state index in [0.717, 1.165) is 13.0 Å². The fraction of sp³-hybridized carbons (Fsp3) is 1.00. The Morgan fingerprint density at radius 3 is 2.00 bits per heavy atom. The molecule has 1 aliphatic rings. The second kappa shape index (κ2) is 7.24. The maximum atomic E-state index is 10.6. The van der Waals surface area contributed by atoms with Gasteiger partial charge >= 0.3 is 0 Å². The highest BCUT2D eigenvalue weighted by Crippen LogP contribution is 2.23. The summed E-state index contributed by atoms with van der Waals surface area (Å²) in [7, 11) is 0. The summed E-state index contributed by atoms with van der Waals surface area (Å²) in [6.45, 7) is 2.97. The van der Waals surface area contributed by atoms with Crippen molar-refractivity contribution in [3.05, 3.63) is 0 Å². The van der Waals surface area contributed by atoms with Crippen LogP contribution < -0.4 is 5.26 Å². The van der Waals surface area contributed by atoms with Gasteiger partial charge in [0.2, 0.25) is 12.7 Å². The zero-order valence-electron chi connectivity index (χ0n) is 9.46. The van der Waals surface area contributed by atoms with Gasteiger partial charge in [-0.25, -0.2) is 0 Å². The van der Waals surface area contributed by atoms with Crippen LogP contribution in [0.5, 0.6) is 0 Å². The molecule has 14 heavy (non-hydrogen) atoms. The first-order chi connectivity index (χ1) is 6.84. The third-order valence-electron chi connectivity index (χ3n) is 2.99. The highest BCUT2D eigenvalue weighted by molar-refractivity contribution is 4.70. The number of rotatable bonds is 9. The first-order valence-electron chi connectivity index (χ1n) is 6.21. The van der Waals surface area contributed by atoms with E-state index in [4.69, 9.17) is 0 Å². The summed E-state index contributed by atoms with van der Waals surface area (Å²) in [4.78, 5) is 0. The van der Waals surface area contributed by atoms with E-state index >= 15 is 0 Å². The molecule has 0 radical (unpaired) electrons. The molecular weight excluding hydrogens is 176 g/mol. The normalized spacial score (nSPS) is 21.4. The van der Waals surface area contributed by atoms with Gasteiger partial charge in [-0.05, 0) is 6.42 Å². The quantitative estimate of drug-likeness (QED) is 0.243. The molecule has 2 nitrogen and oxygen atoms in total. The lowest BCUT2D eigenvalue weighted by atomic mass is 10.1. The molecule has 2 heteroatoms. The average molecular weight is 200 g/mol. The molecule has 0 aromatic rings. The molecule has 84 valence electrons. The lowest BCUT2D eigenvalue weighted by molar-refractivity contribution is -0.737. The van der Waals surface area contributed by atoms with Crippen molar-refractivity contribution in [3.63, 3.8) is 0 Å². The van der Waals surface area contributed by atoms with E-state index in [1.54, 1.807) is 0 Å². The van der Waals surface area contributed by atoms with Gasteiger partial charge in [0.1, 0.15) is 0 Å². The third-order valence-corrected chi connectivity index (χ3v) is 2.99. The lowest BCUT2D eigenvalue weighted by Gasteiger charge is -2.00. The minimum Gasteiger partial charge on any atom is -0.534 e. The monoisotopic (exact) mass is 200 g/mol. The van der Waals surface area contributed by atoms with E-state index in [1.807, 2.05) is 4.52 Å². The largest absolute Gasteiger partial charge is 0.534 e. The van der Waals surface area contributed by atoms with Gasteiger partial charge in [-0.1, -0.05) is 51.9 Å². The Hall–Kier alpha value is -0.0800. The van der Waals surface area contributed by atoms with Crippen LogP contribution >= 0.6 is 0 Å². The molecule has 0 aliphatic carbocycles. The van der Waals surface area contributed by atoms with Crippen LogP contribution in [0, 0.1) is 0 Å². The predicted molar refractivity (Wildman–Crippen MR) is 57.0 cm³/mol. The third kappa shape index (κ3) is 5.61. The maximum Gasteiger partial charge on any atom is 0.231 e. The summed E-state index contributed by atoms with van der Waals surface area (Å²) in [6, 6.07) is 0. The van der Waals surface area contributed by atoms with Gasteiger partial charge in [0, 0.05) is 6.42 Å². The fourth-order valence-corrected chi connectivity index (χ4v) is 1.86. The molecule has 0 spiro atoms. The molecule has 0 aromatic heterocycles. The molecular formula is C12H24O2. The second-order valence-electron chi connectivity index (χ2n) is 4.43. The van der Waals surface area contributed by atoms with E-state index in [0.29, 0.717) is 6.10 Å². The Labute approximate surface area is 87.9 Å². The molecule has 1 fully saturated rings. The van der Waals surface area contributed by atoms with Crippen molar-refractivity contribution in [2.45, 2.75) is 70.8 Å². The molecule has 1 aliphatic heterocycles. The first-order valence-corrected chi connectivity index (χ1v) is 6.21. The van der Waals surface area contributed by atoms with Gasteiger partial charge in [-0.15, -0.1) is 0 Å². The lowest BCUT2D eigenvalue weighted by Crippen LogP contribution is -2.06. The molecule has 0 amide bonds. The van der Waals surface area contributed by atoms with Crippen LogP contribution in [-0.4, -0.2) is 12.7 Å². The Morgan fingerprint density at radius 2 is 1.50 bits per heavy atom. The molecule has 1 unspecified atom stereocenters. The van der Waals surface area contributed by atoms with Gasteiger partial charge in [0.05, 0.1) is 0 Å². The SMILES string of the molecule is CCCCCCCCCCC1C[O+]1[O-]. The summed E-state index contributed by atoms with van der Waals surface area (Å²) in [5.41, 5.74) is 0. The number of unbranched alkanes of at least 4 members (excludes halogenated alkanes) is 7. The van der Waals surface area contributed by atoms with Crippen LogP contribution in [0.15, 0.2) is 0 Å². The molecule has 0 bridgehead atoms. The summed E-state index contributed by atoms with van der Waals surface area (Å²) < 4.78 is 1.88. The average Bonchev–Trinajstić information content (AvgIpc) is 2.87. The minimum atomic E-state index is 0.315. The number of hydrogen-bond donors (Lipinski definition) is 0. The Balaban J connectivity index is 1.68. The Kier molecular flexibility index (Phi) is 6.20. The number of hydrogen-bond acceptors (Lipinski definition) is 1. The van der Waals surface area contributed by atoms with Crippen LogP contribution in [0.1, 0.15) is 64.7 Å². The second-order valence-corrected chi connectivity index (χ2v) is 4.43. The smallest absolute Gasteiger partial charge is 0.231 e.